The smallest absolute Gasteiger partial charge is 0.00470 e. The molecule has 0 amide bonds. The topological polar surface area (TPSA) is 0 Å². The van der Waals surface area contributed by atoms with Crippen molar-refractivity contribution in [2.75, 3.05) is 11.1 Å². The average molecular weight is 265 g/mol. The van der Waals surface area contributed by atoms with E-state index in [2.05, 4.69) is 34.6 Å². The van der Waals surface area contributed by atoms with E-state index in [1.807, 2.05) is 0 Å². The van der Waals surface area contributed by atoms with Crippen molar-refractivity contribution in [3.8, 4) is 0 Å². The first-order valence-corrected chi connectivity index (χ1v) is 7.67. The van der Waals surface area contributed by atoms with Gasteiger partial charge in [0.2, 0.25) is 0 Å². The normalized spacial score (nSPS) is 20.8. The SMILES string of the molecule is CC(CCBr)CCSC1CCCC1. The van der Waals surface area contributed by atoms with E-state index in [0.29, 0.717) is 0 Å². The van der Waals surface area contributed by atoms with E-state index < -0.39 is 0 Å². The Labute approximate surface area is 95.4 Å². The van der Waals surface area contributed by atoms with Crippen LogP contribution in [0.5, 0.6) is 0 Å². The van der Waals surface area contributed by atoms with Crippen LogP contribution in [0.25, 0.3) is 0 Å². The molecule has 1 atom stereocenters. The Bertz CT molecular complexity index is 121. The van der Waals surface area contributed by atoms with Gasteiger partial charge in [-0.3, -0.25) is 0 Å². The Balaban J connectivity index is 1.93. The molecule has 0 aromatic carbocycles. The van der Waals surface area contributed by atoms with Crippen molar-refractivity contribution < 1.29 is 0 Å². The Morgan fingerprint density at radius 2 is 2.00 bits per heavy atom. The summed E-state index contributed by atoms with van der Waals surface area (Å²) >= 11 is 5.72. The number of hydrogen-bond donors (Lipinski definition) is 0. The maximum Gasteiger partial charge on any atom is 0.00470 e. The van der Waals surface area contributed by atoms with E-state index >= 15 is 0 Å². The van der Waals surface area contributed by atoms with Crippen LogP contribution in [0.4, 0.5) is 0 Å². The summed E-state index contributed by atoms with van der Waals surface area (Å²) in [6, 6.07) is 0. The number of thioether (sulfide) groups is 1. The zero-order valence-corrected chi connectivity index (χ0v) is 11.0. The molecule has 0 aromatic heterocycles. The van der Waals surface area contributed by atoms with Crippen LogP contribution >= 0.6 is 27.7 Å². The summed E-state index contributed by atoms with van der Waals surface area (Å²) in [6.07, 6.45) is 8.68. The minimum atomic E-state index is 0.910. The van der Waals surface area contributed by atoms with Gasteiger partial charge >= 0.3 is 0 Å². The molecule has 1 rings (SSSR count). The van der Waals surface area contributed by atoms with Crippen LogP contribution in [0.15, 0.2) is 0 Å². The highest BCUT2D eigenvalue weighted by Crippen LogP contribution is 2.30. The zero-order chi connectivity index (χ0) is 9.52. The summed E-state index contributed by atoms with van der Waals surface area (Å²) < 4.78 is 0. The number of rotatable bonds is 6. The summed E-state index contributed by atoms with van der Waals surface area (Å²) in [5.41, 5.74) is 0. The molecule has 0 aromatic rings. The molecule has 0 saturated heterocycles. The number of halogens is 1. The molecule has 0 N–H and O–H groups in total. The molecule has 0 aliphatic heterocycles. The summed E-state index contributed by atoms with van der Waals surface area (Å²) in [5.74, 6) is 2.30. The highest BCUT2D eigenvalue weighted by Gasteiger charge is 2.15. The minimum Gasteiger partial charge on any atom is -0.159 e. The summed E-state index contributed by atoms with van der Waals surface area (Å²) in [5, 5.41) is 2.18. The van der Waals surface area contributed by atoms with E-state index in [1.54, 1.807) is 0 Å². The molecule has 0 heterocycles. The van der Waals surface area contributed by atoms with E-state index in [0.717, 1.165) is 11.2 Å². The predicted octanol–water partition coefficient (Wildman–Crippen LogP) is 4.47. The molecule has 0 radical (unpaired) electrons. The van der Waals surface area contributed by atoms with Crippen molar-refractivity contribution in [1.29, 1.82) is 0 Å². The lowest BCUT2D eigenvalue weighted by atomic mass is 10.1. The lowest BCUT2D eigenvalue weighted by Gasteiger charge is -2.11. The second-order valence-corrected chi connectivity index (χ2v) is 6.35. The van der Waals surface area contributed by atoms with Crippen LogP contribution in [-0.2, 0) is 0 Å². The highest BCUT2D eigenvalue weighted by molar-refractivity contribution is 9.09. The van der Waals surface area contributed by atoms with Crippen LogP contribution < -0.4 is 0 Å². The quantitative estimate of drug-likeness (QED) is 0.638. The van der Waals surface area contributed by atoms with Gasteiger partial charge in [-0.1, -0.05) is 35.7 Å². The molecule has 1 aliphatic carbocycles. The molecule has 78 valence electrons. The predicted molar refractivity (Wildman–Crippen MR) is 66.9 cm³/mol. The Morgan fingerprint density at radius 1 is 1.31 bits per heavy atom. The van der Waals surface area contributed by atoms with Gasteiger partial charge in [-0.15, -0.1) is 0 Å². The van der Waals surface area contributed by atoms with Gasteiger partial charge < -0.3 is 0 Å². The van der Waals surface area contributed by atoms with Crippen molar-refractivity contribution in [2.45, 2.75) is 50.7 Å². The van der Waals surface area contributed by atoms with Gasteiger partial charge in [0.1, 0.15) is 0 Å². The van der Waals surface area contributed by atoms with Gasteiger partial charge in [0.15, 0.2) is 0 Å². The van der Waals surface area contributed by atoms with Crippen LogP contribution in [0.1, 0.15) is 45.4 Å². The molecular weight excluding hydrogens is 244 g/mol. The molecule has 0 bridgehead atoms. The second-order valence-electron chi connectivity index (χ2n) is 4.15. The fraction of sp³-hybridized carbons (Fsp3) is 1.00. The first-order chi connectivity index (χ1) is 6.33. The Morgan fingerprint density at radius 3 is 2.62 bits per heavy atom. The molecule has 0 spiro atoms. The summed E-state index contributed by atoms with van der Waals surface area (Å²) in [7, 11) is 0. The zero-order valence-electron chi connectivity index (χ0n) is 8.60. The second kappa shape index (κ2) is 7.17. The lowest BCUT2D eigenvalue weighted by molar-refractivity contribution is 0.554. The van der Waals surface area contributed by atoms with E-state index in [-0.39, 0.29) is 0 Å². The van der Waals surface area contributed by atoms with Crippen LogP contribution in [-0.4, -0.2) is 16.3 Å². The third kappa shape index (κ3) is 5.31. The van der Waals surface area contributed by atoms with Gasteiger partial charge in [0.25, 0.3) is 0 Å². The third-order valence-electron chi connectivity index (χ3n) is 2.87. The molecule has 2 heteroatoms. The van der Waals surface area contributed by atoms with Crippen molar-refractivity contribution in [3.05, 3.63) is 0 Å². The molecule has 1 aliphatic rings. The average Bonchev–Trinajstić information content (AvgIpc) is 2.57. The molecule has 1 fully saturated rings. The summed E-state index contributed by atoms with van der Waals surface area (Å²) in [6.45, 7) is 2.37. The monoisotopic (exact) mass is 264 g/mol. The molecule has 0 nitrogen and oxygen atoms in total. The maximum atomic E-state index is 3.50. The van der Waals surface area contributed by atoms with Crippen molar-refractivity contribution >= 4 is 27.7 Å². The largest absolute Gasteiger partial charge is 0.159 e. The lowest BCUT2D eigenvalue weighted by Crippen LogP contribution is -2.01. The van der Waals surface area contributed by atoms with E-state index in [4.69, 9.17) is 0 Å². The van der Waals surface area contributed by atoms with Crippen LogP contribution in [0, 0.1) is 5.92 Å². The molecular formula is C11H21BrS. The number of hydrogen-bond acceptors (Lipinski definition) is 1. The fourth-order valence-corrected chi connectivity index (χ4v) is 4.14. The van der Waals surface area contributed by atoms with E-state index in [1.165, 1.54) is 49.6 Å². The van der Waals surface area contributed by atoms with Crippen molar-refractivity contribution in [2.24, 2.45) is 5.92 Å². The van der Waals surface area contributed by atoms with Crippen LogP contribution in [0.3, 0.4) is 0 Å². The van der Waals surface area contributed by atoms with E-state index in [9.17, 15) is 0 Å². The standard InChI is InChI=1S/C11H21BrS/c1-10(6-8-12)7-9-13-11-4-2-3-5-11/h10-11H,2-9H2,1H3. The van der Waals surface area contributed by atoms with Crippen molar-refractivity contribution in [1.82, 2.24) is 0 Å². The van der Waals surface area contributed by atoms with Gasteiger partial charge in [-0.05, 0) is 37.4 Å². The third-order valence-corrected chi connectivity index (χ3v) is 4.74. The molecule has 1 unspecified atom stereocenters. The first-order valence-electron chi connectivity index (χ1n) is 5.50. The minimum absolute atomic E-state index is 0.910. The van der Waals surface area contributed by atoms with Crippen molar-refractivity contribution in [3.63, 3.8) is 0 Å². The summed E-state index contributed by atoms with van der Waals surface area (Å²) in [4.78, 5) is 0. The van der Waals surface area contributed by atoms with Gasteiger partial charge in [0.05, 0.1) is 0 Å². The molecule has 13 heavy (non-hydrogen) atoms. The number of alkyl halides is 1. The highest BCUT2D eigenvalue weighted by atomic mass is 79.9. The maximum absolute atomic E-state index is 3.50. The first kappa shape index (κ1) is 11.9. The van der Waals surface area contributed by atoms with Crippen LogP contribution in [0.2, 0.25) is 0 Å². The van der Waals surface area contributed by atoms with Gasteiger partial charge in [-0.25, -0.2) is 0 Å². The fourth-order valence-electron chi connectivity index (χ4n) is 1.82. The molecule has 1 saturated carbocycles. The van der Waals surface area contributed by atoms with Gasteiger partial charge in [-0.2, -0.15) is 11.8 Å². The Hall–Kier alpha value is 0.830. The Kier molecular flexibility index (Phi) is 6.56. The van der Waals surface area contributed by atoms with Gasteiger partial charge in [0, 0.05) is 10.6 Å².